The average molecular weight is 246 g/mol. The Morgan fingerprint density at radius 3 is 2.94 bits per heavy atom. The third kappa shape index (κ3) is 4.46. The molecule has 0 radical (unpaired) electrons. The van der Waals surface area contributed by atoms with Crippen LogP contribution < -0.4 is 4.74 Å². The second-order valence-electron chi connectivity index (χ2n) is 2.97. The largest absolute Gasteiger partial charge is 0.467 e. The fourth-order valence-electron chi connectivity index (χ4n) is 1.01. The molecular weight excluding hydrogens is 234 g/mol. The van der Waals surface area contributed by atoms with Crippen molar-refractivity contribution in [3.05, 3.63) is 34.4 Å². The van der Waals surface area contributed by atoms with Crippen molar-refractivity contribution in [1.82, 2.24) is 0 Å². The Labute approximate surface area is 98.1 Å². The zero-order chi connectivity index (χ0) is 11.8. The first-order valence-electron chi connectivity index (χ1n) is 4.75. The Morgan fingerprint density at radius 2 is 2.25 bits per heavy atom. The van der Waals surface area contributed by atoms with Crippen LogP contribution in [0.3, 0.4) is 0 Å². The van der Waals surface area contributed by atoms with Crippen molar-refractivity contribution < 1.29 is 14.4 Å². The summed E-state index contributed by atoms with van der Waals surface area (Å²) in [5.41, 5.74) is -0.00161. The molecule has 0 aliphatic carbocycles. The van der Waals surface area contributed by atoms with E-state index in [1.54, 1.807) is 12.1 Å². The van der Waals surface area contributed by atoms with Crippen molar-refractivity contribution in [1.29, 1.82) is 0 Å². The number of halogens is 1. The molecule has 0 saturated heterocycles. The topological polar surface area (TPSA) is 61.6 Å². The zero-order valence-corrected chi connectivity index (χ0v) is 9.35. The summed E-state index contributed by atoms with van der Waals surface area (Å²) < 4.78 is 10.3. The Bertz CT molecular complexity index is 345. The van der Waals surface area contributed by atoms with Gasteiger partial charge in [0.1, 0.15) is 5.75 Å². The van der Waals surface area contributed by atoms with Gasteiger partial charge in [-0.2, -0.15) is 0 Å². The van der Waals surface area contributed by atoms with Gasteiger partial charge in [-0.25, -0.2) is 0 Å². The molecule has 1 aromatic carbocycles. The third-order valence-corrected chi connectivity index (χ3v) is 2.03. The maximum absolute atomic E-state index is 10.5. The summed E-state index contributed by atoms with van der Waals surface area (Å²) in [5, 5.41) is 10.5. The molecular formula is C10H12ClNO4. The summed E-state index contributed by atoms with van der Waals surface area (Å²) in [7, 11) is 0. The molecule has 0 saturated carbocycles. The van der Waals surface area contributed by atoms with E-state index in [0.29, 0.717) is 18.2 Å². The smallest absolute Gasteiger partial charge is 0.273 e. The highest BCUT2D eigenvalue weighted by atomic mass is 35.5. The predicted octanol–water partition coefficient (Wildman–Crippen LogP) is 2.58. The molecule has 5 nitrogen and oxygen atoms in total. The lowest BCUT2D eigenvalue weighted by molar-refractivity contribution is -0.385. The SMILES string of the molecule is O=[N+]([O-])c1cccc(OCOCCCCl)c1. The van der Waals surface area contributed by atoms with E-state index < -0.39 is 4.92 Å². The van der Waals surface area contributed by atoms with Gasteiger partial charge in [-0.1, -0.05) is 6.07 Å². The molecule has 1 rings (SSSR count). The molecule has 0 aliphatic heterocycles. The molecule has 6 heteroatoms. The lowest BCUT2D eigenvalue weighted by Gasteiger charge is -2.06. The van der Waals surface area contributed by atoms with Gasteiger partial charge >= 0.3 is 0 Å². The lowest BCUT2D eigenvalue weighted by atomic mass is 10.3. The van der Waals surface area contributed by atoms with Gasteiger partial charge in [0.05, 0.1) is 17.6 Å². The summed E-state index contributed by atoms with van der Waals surface area (Å²) >= 11 is 5.46. The monoisotopic (exact) mass is 245 g/mol. The molecule has 0 unspecified atom stereocenters. The number of hydrogen-bond acceptors (Lipinski definition) is 4. The molecule has 88 valence electrons. The first-order chi connectivity index (χ1) is 7.74. The molecule has 0 amide bonds. The zero-order valence-electron chi connectivity index (χ0n) is 8.60. The molecule has 0 heterocycles. The highest BCUT2D eigenvalue weighted by Crippen LogP contribution is 2.18. The Balaban J connectivity index is 2.36. The number of benzene rings is 1. The van der Waals surface area contributed by atoms with Gasteiger partial charge in [-0.15, -0.1) is 11.6 Å². The molecule has 0 aliphatic rings. The number of alkyl halides is 1. The van der Waals surface area contributed by atoms with Crippen LogP contribution in [0, 0.1) is 10.1 Å². The van der Waals surface area contributed by atoms with Gasteiger partial charge in [-0.05, 0) is 12.5 Å². The fourth-order valence-corrected chi connectivity index (χ4v) is 1.12. The normalized spacial score (nSPS) is 10.1. The third-order valence-electron chi connectivity index (χ3n) is 1.76. The average Bonchev–Trinajstić information content (AvgIpc) is 2.29. The van der Waals surface area contributed by atoms with E-state index in [9.17, 15) is 10.1 Å². The van der Waals surface area contributed by atoms with E-state index in [1.165, 1.54) is 12.1 Å². The van der Waals surface area contributed by atoms with Gasteiger partial charge in [0, 0.05) is 11.9 Å². The number of ether oxygens (including phenoxy) is 2. The summed E-state index contributed by atoms with van der Waals surface area (Å²) in [6, 6.07) is 5.95. The van der Waals surface area contributed by atoms with Crippen LogP contribution in [0.5, 0.6) is 5.75 Å². The maximum Gasteiger partial charge on any atom is 0.273 e. The van der Waals surface area contributed by atoms with Crippen molar-refractivity contribution in [3.8, 4) is 5.75 Å². The van der Waals surface area contributed by atoms with Gasteiger partial charge < -0.3 is 9.47 Å². The summed E-state index contributed by atoms with van der Waals surface area (Å²) in [5.74, 6) is 0.955. The molecule has 1 aromatic rings. The second kappa shape index (κ2) is 7.03. The van der Waals surface area contributed by atoms with E-state index in [4.69, 9.17) is 21.1 Å². The molecule has 0 spiro atoms. The Morgan fingerprint density at radius 1 is 1.44 bits per heavy atom. The van der Waals surface area contributed by atoms with Crippen LogP contribution in [0.15, 0.2) is 24.3 Å². The van der Waals surface area contributed by atoms with Gasteiger partial charge in [-0.3, -0.25) is 10.1 Å². The van der Waals surface area contributed by atoms with Crippen molar-refractivity contribution in [2.24, 2.45) is 0 Å². The van der Waals surface area contributed by atoms with Crippen molar-refractivity contribution in [3.63, 3.8) is 0 Å². The van der Waals surface area contributed by atoms with E-state index in [1.807, 2.05) is 0 Å². The first kappa shape index (κ1) is 12.7. The highest BCUT2D eigenvalue weighted by molar-refractivity contribution is 6.17. The minimum absolute atomic E-state index is 0.00161. The lowest BCUT2D eigenvalue weighted by Crippen LogP contribution is -2.04. The number of rotatable bonds is 7. The molecule has 0 fully saturated rings. The molecule has 0 atom stereocenters. The first-order valence-corrected chi connectivity index (χ1v) is 5.28. The molecule has 16 heavy (non-hydrogen) atoms. The Kier molecular flexibility index (Phi) is 5.60. The summed E-state index contributed by atoms with van der Waals surface area (Å²) in [4.78, 5) is 10.0. The van der Waals surface area contributed by atoms with Crippen LogP contribution in [0.25, 0.3) is 0 Å². The van der Waals surface area contributed by atoms with Crippen LogP contribution in [0.2, 0.25) is 0 Å². The van der Waals surface area contributed by atoms with Crippen LogP contribution >= 0.6 is 11.6 Å². The second-order valence-corrected chi connectivity index (χ2v) is 3.35. The minimum Gasteiger partial charge on any atom is -0.467 e. The van der Waals surface area contributed by atoms with E-state index in [0.717, 1.165) is 6.42 Å². The van der Waals surface area contributed by atoms with Crippen LogP contribution in [0.1, 0.15) is 6.42 Å². The fraction of sp³-hybridized carbons (Fsp3) is 0.400. The number of nitro benzene ring substituents is 1. The van der Waals surface area contributed by atoms with Crippen molar-refractivity contribution in [2.45, 2.75) is 6.42 Å². The number of nitrogens with zero attached hydrogens (tertiary/aromatic N) is 1. The van der Waals surface area contributed by atoms with E-state index >= 15 is 0 Å². The van der Waals surface area contributed by atoms with E-state index in [2.05, 4.69) is 0 Å². The van der Waals surface area contributed by atoms with E-state index in [-0.39, 0.29) is 12.5 Å². The standard InChI is InChI=1S/C10H12ClNO4/c11-5-2-6-15-8-16-10-4-1-3-9(7-10)12(13)14/h1,3-4,7H,2,5-6,8H2. The summed E-state index contributed by atoms with van der Waals surface area (Å²) in [6.07, 6.45) is 0.750. The highest BCUT2D eigenvalue weighted by Gasteiger charge is 2.05. The van der Waals surface area contributed by atoms with Crippen LogP contribution in [-0.4, -0.2) is 24.2 Å². The van der Waals surface area contributed by atoms with Crippen LogP contribution in [0.4, 0.5) is 5.69 Å². The predicted molar refractivity (Wildman–Crippen MR) is 59.9 cm³/mol. The van der Waals surface area contributed by atoms with Crippen molar-refractivity contribution in [2.75, 3.05) is 19.3 Å². The van der Waals surface area contributed by atoms with Gasteiger partial charge in [0.2, 0.25) is 0 Å². The van der Waals surface area contributed by atoms with Gasteiger partial charge in [0.15, 0.2) is 6.79 Å². The summed E-state index contributed by atoms with van der Waals surface area (Å²) in [6.45, 7) is 0.580. The Hall–Kier alpha value is -1.33. The number of nitro groups is 1. The molecule has 0 N–H and O–H groups in total. The van der Waals surface area contributed by atoms with Gasteiger partial charge in [0.25, 0.3) is 5.69 Å². The molecule has 0 aromatic heterocycles. The quantitative estimate of drug-likeness (QED) is 0.244. The molecule has 0 bridgehead atoms. The van der Waals surface area contributed by atoms with Crippen molar-refractivity contribution >= 4 is 17.3 Å². The number of hydrogen-bond donors (Lipinski definition) is 0. The minimum atomic E-state index is -0.471. The maximum atomic E-state index is 10.5. The van der Waals surface area contributed by atoms with Crippen LogP contribution in [-0.2, 0) is 4.74 Å². The number of non-ortho nitro benzene ring substituents is 1.